The molecule has 10 heteroatoms. The normalized spacial score (nSPS) is 14.2. The maximum Gasteiger partial charge on any atom is 0.472 e. The van der Waals surface area contributed by atoms with Crippen LogP contribution in [-0.4, -0.2) is 49.3 Å². The summed E-state index contributed by atoms with van der Waals surface area (Å²) in [5.74, 6) is -0.875. The third-order valence-corrected chi connectivity index (χ3v) is 11.5. The van der Waals surface area contributed by atoms with Crippen LogP contribution in [0.15, 0.2) is 134 Å². The molecule has 0 aromatic rings. The number of unbranched alkanes of at least 4 members (excludes halogenated alkanes) is 13. The Hall–Kier alpha value is -3.85. The monoisotopic (exact) mass is 978 g/mol. The molecule has 0 amide bonds. The van der Waals surface area contributed by atoms with E-state index in [9.17, 15) is 19.0 Å². The van der Waals surface area contributed by atoms with Gasteiger partial charge in [-0.25, -0.2) is 4.57 Å². The number of nitrogens with two attached hydrogens (primary N) is 1. The van der Waals surface area contributed by atoms with E-state index in [0.29, 0.717) is 12.8 Å². The Morgan fingerprint density at radius 1 is 0.435 bits per heavy atom. The van der Waals surface area contributed by atoms with Gasteiger partial charge in [-0.3, -0.25) is 18.6 Å². The van der Waals surface area contributed by atoms with Crippen molar-refractivity contribution in [2.75, 3.05) is 26.4 Å². The molecule has 2 unspecified atom stereocenters. The number of esters is 2. The minimum atomic E-state index is -4.41. The average Bonchev–Trinajstić information content (AvgIpc) is 3.34. The van der Waals surface area contributed by atoms with Crippen LogP contribution < -0.4 is 5.73 Å². The zero-order valence-electron chi connectivity index (χ0n) is 43.2. The molecule has 2 atom stereocenters. The number of ether oxygens (including phenoxy) is 2. The van der Waals surface area contributed by atoms with Crippen LogP contribution in [-0.2, 0) is 32.7 Å². The second-order valence-electron chi connectivity index (χ2n) is 17.0. The SMILES string of the molecule is CC/C=C\C/C=C\C/C=C\C/C=C\C/C=C\C/C=C\CCCCCCC(=O)OC(COC(=O)CCCCCCCCCCC/C=C\C/C=C\C/C=C\C/C=C\C/C=C\CC)COP(=O)(O)OCCN. The lowest BCUT2D eigenvalue weighted by molar-refractivity contribution is -0.161. The van der Waals surface area contributed by atoms with E-state index < -0.39 is 32.5 Å². The van der Waals surface area contributed by atoms with Crippen molar-refractivity contribution in [2.24, 2.45) is 5.73 Å². The molecule has 0 aliphatic rings. The fraction of sp³-hybridized carbons (Fsp3) is 0.593. The zero-order valence-corrected chi connectivity index (χ0v) is 44.1. The Balaban J connectivity index is 4.14. The van der Waals surface area contributed by atoms with Crippen molar-refractivity contribution in [3.63, 3.8) is 0 Å². The minimum Gasteiger partial charge on any atom is -0.462 e. The van der Waals surface area contributed by atoms with Crippen LogP contribution in [0.4, 0.5) is 0 Å². The van der Waals surface area contributed by atoms with E-state index in [1.807, 2.05) is 0 Å². The largest absolute Gasteiger partial charge is 0.472 e. The number of allylic oxidation sites excluding steroid dienone is 22. The van der Waals surface area contributed by atoms with Gasteiger partial charge >= 0.3 is 19.8 Å². The molecule has 0 heterocycles. The highest BCUT2D eigenvalue weighted by atomic mass is 31.2. The molecule has 0 aromatic heterocycles. The van der Waals surface area contributed by atoms with Gasteiger partial charge in [-0.2, -0.15) is 0 Å². The second-order valence-corrected chi connectivity index (χ2v) is 18.4. The van der Waals surface area contributed by atoms with Crippen molar-refractivity contribution in [2.45, 2.75) is 200 Å². The molecule has 69 heavy (non-hydrogen) atoms. The van der Waals surface area contributed by atoms with Gasteiger partial charge in [-0.15, -0.1) is 0 Å². The summed E-state index contributed by atoms with van der Waals surface area (Å²) in [6.45, 7) is 3.45. The van der Waals surface area contributed by atoms with Gasteiger partial charge in [-0.05, 0) is 109 Å². The first-order chi connectivity index (χ1) is 33.8. The molecule has 0 saturated carbocycles. The number of hydrogen-bond donors (Lipinski definition) is 2. The van der Waals surface area contributed by atoms with E-state index in [2.05, 4.69) is 148 Å². The van der Waals surface area contributed by atoms with Crippen molar-refractivity contribution in [1.82, 2.24) is 0 Å². The van der Waals surface area contributed by atoms with E-state index in [0.717, 1.165) is 122 Å². The molecule has 9 nitrogen and oxygen atoms in total. The van der Waals surface area contributed by atoms with Crippen molar-refractivity contribution in [3.05, 3.63) is 134 Å². The molecule has 0 aliphatic carbocycles. The molecule has 0 aliphatic heterocycles. The molecule has 0 rings (SSSR count). The molecular formula is C59H96NO8P. The minimum absolute atomic E-state index is 0.0400. The summed E-state index contributed by atoms with van der Waals surface area (Å²) in [4.78, 5) is 35.1. The van der Waals surface area contributed by atoms with Crippen LogP contribution in [0.3, 0.4) is 0 Å². The molecule has 390 valence electrons. The lowest BCUT2D eigenvalue weighted by atomic mass is 10.1. The highest BCUT2D eigenvalue weighted by Gasteiger charge is 2.26. The number of carbonyl (C=O) groups is 2. The van der Waals surface area contributed by atoms with Crippen LogP contribution >= 0.6 is 7.82 Å². The number of hydrogen-bond acceptors (Lipinski definition) is 8. The molecule has 0 radical (unpaired) electrons. The van der Waals surface area contributed by atoms with Gasteiger partial charge < -0.3 is 20.1 Å². The molecule has 0 saturated heterocycles. The summed E-state index contributed by atoms with van der Waals surface area (Å²) < 4.78 is 32.9. The van der Waals surface area contributed by atoms with Crippen LogP contribution in [0.1, 0.15) is 194 Å². The maximum atomic E-state index is 12.7. The number of phosphoric acid groups is 1. The molecule has 0 spiro atoms. The third-order valence-electron chi connectivity index (χ3n) is 10.5. The predicted octanol–water partition coefficient (Wildman–Crippen LogP) is 16.6. The fourth-order valence-corrected chi connectivity index (χ4v) is 7.43. The van der Waals surface area contributed by atoms with Crippen molar-refractivity contribution < 1.29 is 37.6 Å². The number of carbonyl (C=O) groups excluding carboxylic acids is 2. The van der Waals surface area contributed by atoms with E-state index in [-0.39, 0.29) is 32.6 Å². The first-order valence-corrected chi connectivity index (χ1v) is 28.2. The Bertz CT molecular complexity index is 1580. The van der Waals surface area contributed by atoms with Gasteiger partial charge in [0.15, 0.2) is 6.10 Å². The zero-order chi connectivity index (χ0) is 50.2. The highest BCUT2D eigenvalue weighted by molar-refractivity contribution is 7.47. The number of rotatable bonds is 48. The summed E-state index contributed by atoms with van der Waals surface area (Å²) in [5, 5.41) is 0. The lowest BCUT2D eigenvalue weighted by Crippen LogP contribution is -2.29. The quantitative estimate of drug-likeness (QED) is 0.0264. The Labute approximate surface area is 421 Å². The van der Waals surface area contributed by atoms with Gasteiger partial charge in [0.25, 0.3) is 0 Å². The topological polar surface area (TPSA) is 134 Å². The Morgan fingerprint density at radius 3 is 1.12 bits per heavy atom. The first kappa shape index (κ1) is 65.1. The average molecular weight is 978 g/mol. The second kappa shape index (κ2) is 53.5. The van der Waals surface area contributed by atoms with E-state index in [1.54, 1.807) is 0 Å². The van der Waals surface area contributed by atoms with Crippen molar-refractivity contribution in [1.29, 1.82) is 0 Å². The van der Waals surface area contributed by atoms with E-state index in [4.69, 9.17) is 24.3 Å². The van der Waals surface area contributed by atoms with Gasteiger partial charge in [0, 0.05) is 19.4 Å². The Kier molecular flexibility index (Phi) is 50.5. The predicted molar refractivity (Wildman–Crippen MR) is 293 cm³/mol. The first-order valence-electron chi connectivity index (χ1n) is 26.7. The van der Waals surface area contributed by atoms with Crippen LogP contribution in [0, 0.1) is 0 Å². The Morgan fingerprint density at radius 2 is 0.754 bits per heavy atom. The van der Waals surface area contributed by atoms with E-state index >= 15 is 0 Å². The molecule has 0 aromatic carbocycles. The van der Waals surface area contributed by atoms with Crippen molar-refractivity contribution >= 4 is 19.8 Å². The lowest BCUT2D eigenvalue weighted by Gasteiger charge is -2.19. The summed E-state index contributed by atoms with van der Waals surface area (Å²) in [5.41, 5.74) is 5.37. The molecule has 3 N–H and O–H groups in total. The summed E-state index contributed by atoms with van der Waals surface area (Å²) in [6, 6.07) is 0. The summed E-state index contributed by atoms with van der Waals surface area (Å²) in [6.07, 6.45) is 74.9. The highest BCUT2D eigenvalue weighted by Crippen LogP contribution is 2.43. The summed E-state index contributed by atoms with van der Waals surface area (Å²) >= 11 is 0. The summed E-state index contributed by atoms with van der Waals surface area (Å²) in [7, 11) is -4.41. The third kappa shape index (κ3) is 53.4. The van der Waals surface area contributed by atoms with Crippen molar-refractivity contribution in [3.8, 4) is 0 Å². The molecule has 0 bridgehead atoms. The van der Waals surface area contributed by atoms with Crippen LogP contribution in [0.5, 0.6) is 0 Å². The van der Waals surface area contributed by atoms with Gasteiger partial charge in [0.1, 0.15) is 6.61 Å². The smallest absolute Gasteiger partial charge is 0.462 e. The van der Waals surface area contributed by atoms with Gasteiger partial charge in [0.05, 0.1) is 13.2 Å². The standard InChI is InChI=1S/C59H96NO8P/c1-3-5-7-9-11-13-15-17-19-21-23-25-27-28-30-31-33-35-37-39-41-43-45-47-49-51-58(61)65-55-57(56-67-69(63,64)66-54-53-60)68-59(62)52-50-48-46-44-42-40-38-36-34-32-29-26-24-22-20-18-16-14-12-10-8-6-4-2/h5-8,11-14,17-20,23-26,28,30,32,34,38,40,57H,3-4,9-10,15-16,21-22,27,29,31,33,35-37,39,41-56,60H2,1-2H3,(H,63,64)/b7-5-,8-6-,13-11-,14-12-,19-17-,20-18-,25-23-,26-24-,30-28-,34-32-,40-38-. The van der Waals surface area contributed by atoms with Crippen LogP contribution in [0.2, 0.25) is 0 Å². The molecule has 0 fully saturated rings. The molecular weight excluding hydrogens is 882 g/mol. The van der Waals surface area contributed by atoms with Crippen LogP contribution in [0.25, 0.3) is 0 Å². The van der Waals surface area contributed by atoms with Gasteiger partial charge in [0.2, 0.25) is 0 Å². The fourth-order valence-electron chi connectivity index (χ4n) is 6.66. The van der Waals surface area contributed by atoms with E-state index in [1.165, 1.54) is 32.1 Å². The van der Waals surface area contributed by atoms with Gasteiger partial charge in [-0.1, -0.05) is 205 Å². The number of phosphoric ester groups is 1. The maximum absolute atomic E-state index is 12.7.